The third kappa shape index (κ3) is 2.62. The number of ether oxygens (including phenoxy) is 2. The van der Waals surface area contributed by atoms with Crippen LogP contribution in [0.15, 0.2) is 0 Å². The highest BCUT2D eigenvalue weighted by Gasteiger charge is 2.34. The Bertz CT molecular complexity index is 136. The molecule has 1 aliphatic heterocycles. The van der Waals surface area contributed by atoms with Crippen molar-refractivity contribution in [1.82, 2.24) is 0 Å². The van der Waals surface area contributed by atoms with Crippen LogP contribution in [0.5, 0.6) is 0 Å². The van der Waals surface area contributed by atoms with Gasteiger partial charge in [-0.15, -0.1) is 11.6 Å². The summed E-state index contributed by atoms with van der Waals surface area (Å²) in [6.07, 6.45) is 1.75. The molecule has 66 valence electrons. The van der Waals surface area contributed by atoms with E-state index in [4.69, 9.17) is 21.1 Å². The molecule has 0 aromatic heterocycles. The molecule has 0 saturated carbocycles. The predicted octanol–water partition coefficient (Wildman–Crippen LogP) is 2.16. The molecule has 0 aromatic rings. The summed E-state index contributed by atoms with van der Waals surface area (Å²) in [5.74, 6) is 0. The van der Waals surface area contributed by atoms with E-state index in [1.54, 1.807) is 7.11 Å². The number of hydrogen-bond donors (Lipinski definition) is 0. The van der Waals surface area contributed by atoms with Crippen LogP contribution in [0.2, 0.25) is 0 Å². The van der Waals surface area contributed by atoms with Gasteiger partial charge in [-0.2, -0.15) is 0 Å². The molecule has 3 heteroatoms. The van der Waals surface area contributed by atoms with Gasteiger partial charge >= 0.3 is 0 Å². The summed E-state index contributed by atoms with van der Waals surface area (Å²) in [7, 11) is 1.65. The maximum absolute atomic E-state index is 6.18. The molecule has 3 atom stereocenters. The van der Waals surface area contributed by atoms with Crippen molar-refractivity contribution >= 4 is 11.6 Å². The molecule has 1 fully saturated rings. The minimum Gasteiger partial charge on any atom is -0.356 e. The van der Waals surface area contributed by atoms with Crippen LogP contribution < -0.4 is 0 Å². The minimum absolute atomic E-state index is 0.124. The van der Waals surface area contributed by atoms with Gasteiger partial charge in [0.1, 0.15) is 0 Å². The Morgan fingerprint density at radius 3 is 2.64 bits per heavy atom. The quantitative estimate of drug-likeness (QED) is 0.573. The second-order valence-corrected chi connectivity index (χ2v) is 4.35. The predicted molar refractivity (Wildman–Crippen MR) is 44.8 cm³/mol. The van der Waals surface area contributed by atoms with Crippen LogP contribution in [0.1, 0.15) is 26.7 Å². The molecule has 0 spiro atoms. The summed E-state index contributed by atoms with van der Waals surface area (Å²) in [5.41, 5.74) is 0. The monoisotopic (exact) mass is 178 g/mol. The lowest BCUT2D eigenvalue weighted by Crippen LogP contribution is -2.39. The van der Waals surface area contributed by atoms with Crippen molar-refractivity contribution in [2.75, 3.05) is 7.11 Å². The van der Waals surface area contributed by atoms with Crippen LogP contribution in [-0.4, -0.2) is 24.4 Å². The normalized spacial score (nSPS) is 45.8. The molecule has 0 unspecified atom stereocenters. The Labute approximate surface area is 72.8 Å². The fraction of sp³-hybridized carbons (Fsp3) is 1.00. The number of halogens is 1. The number of alkyl halides is 1. The Hall–Kier alpha value is 0.210. The lowest BCUT2D eigenvalue weighted by atomic mass is 9.96. The highest BCUT2D eigenvalue weighted by Crippen LogP contribution is 2.33. The molecule has 1 rings (SSSR count). The van der Waals surface area contributed by atoms with E-state index in [2.05, 4.69) is 0 Å². The fourth-order valence-electron chi connectivity index (χ4n) is 1.52. The Morgan fingerprint density at radius 1 is 1.55 bits per heavy atom. The van der Waals surface area contributed by atoms with Crippen LogP contribution in [0.25, 0.3) is 0 Å². The van der Waals surface area contributed by atoms with Crippen molar-refractivity contribution in [3.8, 4) is 0 Å². The van der Waals surface area contributed by atoms with E-state index in [9.17, 15) is 0 Å². The highest BCUT2D eigenvalue weighted by atomic mass is 35.5. The SMILES string of the molecule is CO[C@H]1C[C@](C)(Cl)C[C@H](C)O1. The molecule has 0 aliphatic carbocycles. The molecule has 0 aromatic carbocycles. The van der Waals surface area contributed by atoms with Gasteiger partial charge in [0, 0.05) is 18.4 Å². The van der Waals surface area contributed by atoms with E-state index in [1.165, 1.54) is 0 Å². The van der Waals surface area contributed by atoms with Gasteiger partial charge in [0.15, 0.2) is 6.29 Å². The van der Waals surface area contributed by atoms with E-state index in [1.807, 2.05) is 13.8 Å². The van der Waals surface area contributed by atoms with Gasteiger partial charge in [0.05, 0.1) is 6.10 Å². The van der Waals surface area contributed by atoms with Gasteiger partial charge in [-0.3, -0.25) is 0 Å². The van der Waals surface area contributed by atoms with Crippen molar-refractivity contribution in [2.45, 2.75) is 44.0 Å². The first-order valence-electron chi connectivity index (χ1n) is 3.91. The van der Waals surface area contributed by atoms with Gasteiger partial charge in [-0.1, -0.05) is 0 Å². The first kappa shape index (κ1) is 9.30. The molecule has 2 nitrogen and oxygen atoms in total. The lowest BCUT2D eigenvalue weighted by Gasteiger charge is -2.36. The van der Waals surface area contributed by atoms with Gasteiger partial charge in [-0.05, 0) is 20.3 Å². The molecule has 11 heavy (non-hydrogen) atoms. The number of hydrogen-bond acceptors (Lipinski definition) is 2. The summed E-state index contributed by atoms with van der Waals surface area (Å²) in [6, 6.07) is 0. The van der Waals surface area contributed by atoms with Gasteiger partial charge < -0.3 is 9.47 Å². The first-order valence-corrected chi connectivity index (χ1v) is 4.28. The summed E-state index contributed by atoms with van der Waals surface area (Å²) < 4.78 is 10.6. The fourth-order valence-corrected chi connectivity index (χ4v) is 1.87. The number of rotatable bonds is 1. The van der Waals surface area contributed by atoms with Crippen LogP contribution in [0.4, 0.5) is 0 Å². The van der Waals surface area contributed by atoms with Gasteiger partial charge in [0.25, 0.3) is 0 Å². The molecule has 0 amide bonds. The maximum Gasteiger partial charge on any atom is 0.159 e. The lowest BCUT2D eigenvalue weighted by molar-refractivity contribution is -0.182. The second-order valence-electron chi connectivity index (χ2n) is 3.43. The molecule has 0 radical (unpaired) electrons. The van der Waals surface area contributed by atoms with Gasteiger partial charge in [-0.25, -0.2) is 0 Å². The number of methoxy groups -OCH3 is 1. The van der Waals surface area contributed by atoms with Crippen molar-refractivity contribution in [3.05, 3.63) is 0 Å². The maximum atomic E-state index is 6.18. The highest BCUT2D eigenvalue weighted by molar-refractivity contribution is 6.23. The summed E-state index contributed by atoms with van der Waals surface area (Å²) >= 11 is 6.18. The van der Waals surface area contributed by atoms with E-state index in [0.29, 0.717) is 0 Å². The first-order chi connectivity index (χ1) is 5.03. The largest absolute Gasteiger partial charge is 0.356 e. The summed E-state index contributed by atoms with van der Waals surface area (Å²) in [4.78, 5) is -0.154. The minimum atomic E-state index is -0.154. The Balaban J connectivity index is 2.51. The van der Waals surface area contributed by atoms with Crippen LogP contribution in [0, 0.1) is 0 Å². The Kier molecular flexibility index (Phi) is 2.79. The molecular weight excluding hydrogens is 164 g/mol. The zero-order valence-electron chi connectivity index (χ0n) is 7.26. The van der Waals surface area contributed by atoms with E-state index < -0.39 is 0 Å². The van der Waals surface area contributed by atoms with Gasteiger partial charge in [0.2, 0.25) is 0 Å². The van der Waals surface area contributed by atoms with E-state index in [0.717, 1.165) is 12.8 Å². The topological polar surface area (TPSA) is 18.5 Å². The molecule has 1 heterocycles. The standard InChI is InChI=1S/C8H15ClO2/c1-6-4-8(2,9)5-7(10-3)11-6/h6-7H,4-5H2,1-3H3/t6-,7+,8+/m0/s1. The molecule has 1 aliphatic rings. The molecule has 0 N–H and O–H groups in total. The van der Waals surface area contributed by atoms with E-state index in [-0.39, 0.29) is 17.3 Å². The van der Waals surface area contributed by atoms with Crippen molar-refractivity contribution in [1.29, 1.82) is 0 Å². The molecule has 0 bridgehead atoms. The van der Waals surface area contributed by atoms with Crippen LogP contribution in [-0.2, 0) is 9.47 Å². The van der Waals surface area contributed by atoms with Crippen molar-refractivity contribution < 1.29 is 9.47 Å². The average molecular weight is 179 g/mol. The van der Waals surface area contributed by atoms with Crippen LogP contribution in [0.3, 0.4) is 0 Å². The van der Waals surface area contributed by atoms with Crippen LogP contribution >= 0.6 is 11.6 Å². The third-order valence-corrected chi connectivity index (χ3v) is 2.26. The van der Waals surface area contributed by atoms with Crippen molar-refractivity contribution in [2.24, 2.45) is 0 Å². The zero-order valence-corrected chi connectivity index (χ0v) is 8.02. The van der Waals surface area contributed by atoms with E-state index >= 15 is 0 Å². The molecule has 1 saturated heterocycles. The summed E-state index contributed by atoms with van der Waals surface area (Å²) in [6.45, 7) is 4.05. The zero-order chi connectivity index (χ0) is 8.48. The smallest absolute Gasteiger partial charge is 0.159 e. The molecular formula is C8H15ClO2. The Morgan fingerprint density at radius 2 is 2.18 bits per heavy atom. The van der Waals surface area contributed by atoms with Crippen molar-refractivity contribution in [3.63, 3.8) is 0 Å². The third-order valence-electron chi connectivity index (χ3n) is 1.95. The average Bonchev–Trinajstić information content (AvgIpc) is 1.83. The summed E-state index contributed by atoms with van der Waals surface area (Å²) in [5, 5.41) is 0. The second kappa shape index (κ2) is 3.30.